The fraction of sp³-hybridized carbons (Fsp3) is 0.0435. The number of imidazole rings is 1. The molecule has 28 heavy (non-hydrogen) atoms. The first kappa shape index (κ1) is 17.7. The molecule has 1 aromatic heterocycles. The van der Waals surface area contributed by atoms with Gasteiger partial charge in [0.25, 0.3) is 0 Å². The third-order valence-electron chi connectivity index (χ3n) is 4.48. The van der Waals surface area contributed by atoms with Gasteiger partial charge in [0.2, 0.25) is 0 Å². The summed E-state index contributed by atoms with van der Waals surface area (Å²) < 4.78 is 13.1. The molecule has 4 aromatic rings. The van der Waals surface area contributed by atoms with E-state index in [0.29, 0.717) is 6.42 Å². The number of nitrogens with one attached hydrogen (secondary N) is 1. The van der Waals surface area contributed by atoms with E-state index in [4.69, 9.17) is 5.11 Å². The van der Waals surface area contributed by atoms with Gasteiger partial charge < -0.3 is 10.1 Å². The van der Waals surface area contributed by atoms with Crippen LogP contribution < -0.4 is 0 Å². The molecule has 0 amide bonds. The minimum absolute atomic E-state index is 0.252. The number of carboxylic acids is 1. The highest BCUT2D eigenvalue weighted by atomic mass is 19.1. The minimum atomic E-state index is -0.966. The molecule has 0 spiro atoms. The molecule has 0 radical (unpaired) electrons. The largest absolute Gasteiger partial charge is 0.478 e. The van der Waals surface area contributed by atoms with Crippen molar-refractivity contribution in [1.82, 2.24) is 9.97 Å². The van der Waals surface area contributed by atoms with E-state index in [-0.39, 0.29) is 5.82 Å². The molecule has 5 heteroatoms. The lowest BCUT2D eigenvalue weighted by atomic mass is 10.1. The molecule has 0 aliphatic rings. The number of nitrogens with zero attached hydrogens (tertiary/aromatic N) is 1. The number of rotatable bonds is 5. The Balaban J connectivity index is 1.54. The SMILES string of the molecule is O=C(O)C=Cc1ccc(Cc2nc3ccc(-c4ccc(F)cc4)cc3[nH]2)cc1. The lowest BCUT2D eigenvalue weighted by Crippen LogP contribution is -1.91. The van der Waals surface area contributed by atoms with Crippen LogP contribution in [0.1, 0.15) is 17.0 Å². The maximum Gasteiger partial charge on any atom is 0.328 e. The number of carboxylic acid groups (broad SMARTS) is 1. The fourth-order valence-corrected chi connectivity index (χ4v) is 3.08. The van der Waals surface area contributed by atoms with Crippen LogP contribution in [0.2, 0.25) is 0 Å². The van der Waals surface area contributed by atoms with Crippen LogP contribution in [0.15, 0.2) is 72.8 Å². The predicted octanol–water partition coefficient (Wildman–Crippen LogP) is 5.06. The lowest BCUT2D eigenvalue weighted by Gasteiger charge is -2.01. The van der Waals surface area contributed by atoms with Crippen LogP contribution in [-0.4, -0.2) is 21.0 Å². The van der Waals surface area contributed by atoms with E-state index >= 15 is 0 Å². The molecule has 2 N–H and O–H groups in total. The van der Waals surface area contributed by atoms with Crippen molar-refractivity contribution in [3.8, 4) is 11.1 Å². The summed E-state index contributed by atoms with van der Waals surface area (Å²) in [4.78, 5) is 18.6. The number of hydrogen-bond donors (Lipinski definition) is 2. The molecule has 0 bridgehead atoms. The highest BCUT2D eigenvalue weighted by molar-refractivity contribution is 5.85. The first-order chi connectivity index (χ1) is 13.6. The van der Waals surface area contributed by atoms with Gasteiger partial charge >= 0.3 is 5.97 Å². The average Bonchev–Trinajstić information content (AvgIpc) is 3.09. The van der Waals surface area contributed by atoms with E-state index in [0.717, 1.165) is 45.2 Å². The standard InChI is InChI=1S/C23H17FN2O2/c24-19-9-6-17(7-10-19)18-8-11-20-21(14-18)26-22(25-20)13-16-3-1-15(2-4-16)5-12-23(27)28/h1-12,14H,13H2,(H,25,26)(H,27,28). The van der Waals surface area contributed by atoms with Crippen molar-refractivity contribution in [1.29, 1.82) is 0 Å². The van der Waals surface area contributed by atoms with Crippen molar-refractivity contribution in [2.45, 2.75) is 6.42 Å². The van der Waals surface area contributed by atoms with Gasteiger partial charge in [0.1, 0.15) is 11.6 Å². The van der Waals surface area contributed by atoms with Crippen LogP contribution in [-0.2, 0) is 11.2 Å². The quantitative estimate of drug-likeness (QED) is 0.481. The summed E-state index contributed by atoms with van der Waals surface area (Å²) in [6, 6.07) is 20.0. The normalized spacial score (nSPS) is 11.3. The Kier molecular flexibility index (Phi) is 4.72. The number of aromatic nitrogens is 2. The average molecular weight is 372 g/mol. The first-order valence-corrected chi connectivity index (χ1v) is 8.81. The van der Waals surface area contributed by atoms with Gasteiger partial charge in [-0.3, -0.25) is 0 Å². The lowest BCUT2D eigenvalue weighted by molar-refractivity contribution is -0.131. The molecule has 0 aliphatic carbocycles. The van der Waals surface area contributed by atoms with Gasteiger partial charge in [0.05, 0.1) is 11.0 Å². The molecule has 0 saturated heterocycles. The van der Waals surface area contributed by atoms with Crippen LogP contribution in [0.4, 0.5) is 4.39 Å². The summed E-state index contributed by atoms with van der Waals surface area (Å²) in [6.07, 6.45) is 3.32. The maximum atomic E-state index is 13.1. The monoisotopic (exact) mass is 372 g/mol. The molecule has 0 atom stereocenters. The second-order valence-electron chi connectivity index (χ2n) is 6.51. The third kappa shape index (κ3) is 3.99. The van der Waals surface area contributed by atoms with Gasteiger partial charge in [-0.2, -0.15) is 0 Å². The third-order valence-corrected chi connectivity index (χ3v) is 4.48. The van der Waals surface area contributed by atoms with Gasteiger partial charge in [0.15, 0.2) is 0 Å². The van der Waals surface area contributed by atoms with E-state index in [1.54, 1.807) is 18.2 Å². The topological polar surface area (TPSA) is 66.0 Å². The van der Waals surface area contributed by atoms with Gasteiger partial charge in [-0.15, -0.1) is 0 Å². The molecule has 0 aliphatic heterocycles. The second-order valence-corrected chi connectivity index (χ2v) is 6.51. The minimum Gasteiger partial charge on any atom is -0.478 e. The Hall–Kier alpha value is -3.73. The molecular formula is C23H17FN2O2. The second kappa shape index (κ2) is 7.48. The summed E-state index contributed by atoms with van der Waals surface area (Å²) in [5.74, 6) is -0.371. The number of aliphatic carboxylic acids is 1. The number of fused-ring (bicyclic) bond motifs is 1. The number of aromatic amines is 1. The Morgan fingerprint density at radius 1 is 1.00 bits per heavy atom. The summed E-state index contributed by atoms with van der Waals surface area (Å²) in [6.45, 7) is 0. The molecule has 4 nitrogen and oxygen atoms in total. The highest BCUT2D eigenvalue weighted by Gasteiger charge is 2.06. The summed E-state index contributed by atoms with van der Waals surface area (Å²) in [7, 11) is 0. The van der Waals surface area contributed by atoms with Crippen molar-refractivity contribution in [3.05, 3.63) is 95.6 Å². The number of H-pyrrole nitrogens is 1. The molecule has 0 fully saturated rings. The highest BCUT2D eigenvalue weighted by Crippen LogP contribution is 2.24. The molecular weight excluding hydrogens is 355 g/mol. The zero-order valence-corrected chi connectivity index (χ0v) is 14.9. The van der Waals surface area contributed by atoms with Crippen molar-refractivity contribution in [2.75, 3.05) is 0 Å². The van der Waals surface area contributed by atoms with E-state index in [1.807, 2.05) is 42.5 Å². The first-order valence-electron chi connectivity index (χ1n) is 8.81. The number of carbonyl (C=O) groups is 1. The van der Waals surface area contributed by atoms with E-state index in [2.05, 4.69) is 9.97 Å². The zero-order valence-electron chi connectivity index (χ0n) is 14.9. The van der Waals surface area contributed by atoms with E-state index < -0.39 is 5.97 Å². The van der Waals surface area contributed by atoms with Gasteiger partial charge in [-0.05, 0) is 52.6 Å². The Morgan fingerprint density at radius 3 is 2.43 bits per heavy atom. The summed E-state index contributed by atoms with van der Waals surface area (Å²) >= 11 is 0. The molecule has 4 rings (SSSR count). The number of halogens is 1. The van der Waals surface area contributed by atoms with Crippen LogP contribution in [0.5, 0.6) is 0 Å². The smallest absolute Gasteiger partial charge is 0.328 e. The van der Waals surface area contributed by atoms with Crippen LogP contribution in [0.3, 0.4) is 0 Å². The predicted molar refractivity (Wildman–Crippen MR) is 107 cm³/mol. The van der Waals surface area contributed by atoms with Crippen LogP contribution in [0, 0.1) is 5.82 Å². The molecule has 0 saturated carbocycles. The molecule has 1 heterocycles. The van der Waals surface area contributed by atoms with Crippen LogP contribution >= 0.6 is 0 Å². The summed E-state index contributed by atoms with van der Waals surface area (Å²) in [5, 5.41) is 8.68. The molecule has 3 aromatic carbocycles. The van der Waals surface area contributed by atoms with Crippen molar-refractivity contribution >= 4 is 23.1 Å². The van der Waals surface area contributed by atoms with E-state index in [9.17, 15) is 9.18 Å². The van der Waals surface area contributed by atoms with Crippen LogP contribution in [0.25, 0.3) is 28.2 Å². The van der Waals surface area contributed by atoms with Gasteiger partial charge in [0, 0.05) is 12.5 Å². The fourth-order valence-electron chi connectivity index (χ4n) is 3.08. The summed E-state index contributed by atoms with van der Waals surface area (Å²) in [5.41, 5.74) is 5.66. The Labute approximate surface area is 161 Å². The van der Waals surface area contributed by atoms with E-state index in [1.165, 1.54) is 12.1 Å². The Bertz CT molecular complexity index is 1160. The Morgan fingerprint density at radius 2 is 1.71 bits per heavy atom. The number of hydrogen-bond acceptors (Lipinski definition) is 2. The van der Waals surface area contributed by atoms with Crippen molar-refractivity contribution in [2.24, 2.45) is 0 Å². The van der Waals surface area contributed by atoms with Crippen molar-refractivity contribution in [3.63, 3.8) is 0 Å². The number of benzene rings is 3. The zero-order chi connectivity index (χ0) is 19.5. The molecule has 0 unspecified atom stereocenters. The maximum absolute atomic E-state index is 13.1. The molecule has 138 valence electrons. The van der Waals surface area contributed by atoms with Gasteiger partial charge in [-0.25, -0.2) is 14.2 Å². The van der Waals surface area contributed by atoms with Crippen molar-refractivity contribution < 1.29 is 14.3 Å². The van der Waals surface area contributed by atoms with Gasteiger partial charge in [-0.1, -0.05) is 42.5 Å².